The number of piperazine rings is 1. The number of carbonyl (C=O) groups is 1. The highest BCUT2D eigenvalue weighted by Crippen LogP contribution is 2.30. The third-order valence-corrected chi connectivity index (χ3v) is 7.67. The van der Waals surface area contributed by atoms with Gasteiger partial charge in [0.15, 0.2) is 5.78 Å². The second-order valence-corrected chi connectivity index (χ2v) is 9.59. The molecular weight excluding hydrogens is 414 g/mol. The first kappa shape index (κ1) is 21.8. The Balaban J connectivity index is 1.68. The molecular formula is C20H26ClN3O4S. The van der Waals surface area contributed by atoms with E-state index in [0.717, 1.165) is 17.0 Å². The van der Waals surface area contributed by atoms with E-state index in [2.05, 4.69) is 0 Å². The molecule has 1 aromatic carbocycles. The van der Waals surface area contributed by atoms with Gasteiger partial charge in [-0.15, -0.1) is 0 Å². The average molecular weight is 440 g/mol. The van der Waals surface area contributed by atoms with E-state index >= 15 is 0 Å². The molecule has 1 aliphatic rings. The molecule has 0 saturated carbocycles. The lowest BCUT2D eigenvalue weighted by molar-refractivity contribution is 0.0901. The van der Waals surface area contributed by atoms with E-state index in [4.69, 9.17) is 16.3 Å². The van der Waals surface area contributed by atoms with Crippen LogP contribution in [0.5, 0.6) is 5.75 Å². The molecule has 2 aromatic rings. The summed E-state index contributed by atoms with van der Waals surface area (Å²) in [6.07, 6.45) is 0. The van der Waals surface area contributed by atoms with E-state index in [1.807, 2.05) is 36.4 Å². The van der Waals surface area contributed by atoms with E-state index in [-0.39, 0.29) is 23.0 Å². The molecule has 3 rings (SSSR count). The van der Waals surface area contributed by atoms with Crippen LogP contribution >= 0.6 is 11.6 Å². The number of nitrogens with zero attached hydrogens (tertiary/aromatic N) is 3. The summed E-state index contributed by atoms with van der Waals surface area (Å²) in [7, 11) is -0.362. The number of carbonyl (C=O) groups excluding carboxylic acids is 1. The summed E-state index contributed by atoms with van der Waals surface area (Å²) in [5.41, 5.74) is 2.71. The topological polar surface area (TPSA) is 71.9 Å². The molecule has 0 atom stereocenters. The van der Waals surface area contributed by atoms with Crippen LogP contribution in [0.1, 0.15) is 21.7 Å². The van der Waals surface area contributed by atoms with Gasteiger partial charge in [0.25, 0.3) is 0 Å². The van der Waals surface area contributed by atoms with Crippen LogP contribution in [0.2, 0.25) is 5.02 Å². The lowest BCUT2D eigenvalue weighted by atomic mass is 10.1. The molecule has 0 amide bonds. The normalized spacial score (nSPS) is 16.2. The SMILES string of the molecule is COc1ccc(Cl)cc1S(=O)(=O)N1CCN(CC(=O)c2cc(C)n(C)c2C)CC1. The number of ketones is 1. The smallest absolute Gasteiger partial charge is 0.246 e. The van der Waals surface area contributed by atoms with Crippen LogP contribution in [-0.2, 0) is 17.1 Å². The number of sulfonamides is 1. The summed E-state index contributed by atoms with van der Waals surface area (Å²) in [5.74, 6) is 0.320. The predicted molar refractivity (Wildman–Crippen MR) is 112 cm³/mol. The van der Waals surface area contributed by atoms with Crippen LogP contribution in [-0.4, -0.2) is 67.8 Å². The van der Waals surface area contributed by atoms with Gasteiger partial charge in [-0.05, 0) is 38.1 Å². The van der Waals surface area contributed by atoms with E-state index in [9.17, 15) is 13.2 Å². The van der Waals surface area contributed by atoms with Crippen molar-refractivity contribution in [2.75, 3.05) is 39.8 Å². The first-order valence-corrected chi connectivity index (χ1v) is 11.2. The summed E-state index contributed by atoms with van der Waals surface area (Å²) in [6, 6.07) is 6.46. The van der Waals surface area contributed by atoms with Crippen molar-refractivity contribution in [3.63, 3.8) is 0 Å². The van der Waals surface area contributed by atoms with E-state index in [1.165, 1.54) is 17.5 Å². The Kier molecular flexibility index (Phi) is 6.38. The van der Waals surface area contributed by atoms with Crippen LogP contribution in [0.25, 0.3) is 0 Å². The molecule has 0 aliphatic carbocycles. The summed E-state index contributed by atoms with van der Waals surface area (Å²) >= 11 is 6.00. The molecule has 158 valence electrons. The second kappa shape index (κ2) is 8.47. The van der Waals surface area contributed by atoms with Gasteiger partial charge >= 0.3 is 0 Å². The van der Waals surface area contributed by atoms with Gasteiger partial charge in [-0.1, -0.05) is 11.6 Å². The summed E-state index contributed by atoms with van der Waals surface area (Å²) < 4.78 is 34.7. The van der Waals surface area contributed by atoms with Crippen LogP contribution in [0.15, 0.2) is 29.2 Å². The number of hydrogen-bond acceptors (Lipinski definition) is 5. The first-order valence-electron chi connectivity index (χ1n) is 9.37. The number of aromatic nitrogens is 1. The number of rotatable bonds is 6. The molecule has 0 spiro atoms. The molecule has 1 saturated heterocycles. The predicted octanol–water partition coefficient (Wildman–Crippen LogP) is 2.49. The minimum Gasteiger partial charge on any atom is -0.495 e. The maximum Gasteiger partial charge on any atom is 0.246 e. The summed E-state index contributed by atoms with van der Waals surface area (Å²) in [4.78, 5) is 14.8. The van der Waals surface area contributed by atoms with Crippen LogP contribution in [0.4, 0.5) is 0 Å². The van der Waals surface area contributed by atoms with Crippen molar-refractivity contribution in [3.8, 4) is 5.75 Å². The Morgan fingerprint density at radius 1 is 1.14 bits per heavy atom. The van der Waals surface area contributed by atoms with Gasteiger partial charge in [-0.25, -0.2) is 8.42 Å². The number of benzene rings is 1. The van der Waals surface area contributed by atoms with Crippen molar-refractivity contribution in [2.24, 2.45) is 7.05 Å². The van der Waals surface area contributed by atoms with E-state index in [1.54, 1.807) is 12.1 Å². The van der Waals surface area contributed by atoms with Gasteiger partial charge in [0.1, 0.15) is 10.6 Å². The van der Waals surface area contributed by atoms with Crippen molar-refractivity contribution < 1.29 is 17.9 Å². The van der Waals surface area contributed by atoms with Crippen molar-refractivity contribution in [1.82, 2.24) is 13.8 Å². The summed E-state index contributed by atoms with van der Waals surface area (Å²) in [6.45, 7) is 5.76. The molecule has 7 nitrogen and oxygen atoms in total. The molecule has 9 heteroatoms. The fraction of sp³-hybridized carbons (Fsp3) is 0.450. The monoisotopic (exact) mass is 439 g/mol. The third kappa shape index (κ3) is 4.35. The Labute approximate surface area is 176 Å². The minimum absolute atomic E-state index is 0.0546. The van der Waals surface area contributed by atoms with E-state index in [0.29, 0.717) is 31.2 Å². The van der Waals surface area contributed by atoms with Crippen molar-refractivity contribution in [3.05, 3.63) is 46.2 Å². The van der Waals surface area contributed by atoms with E-state index < -0.39 is 10.0 Å². The molecule has 29 heavy (non-hydrogen) atoms. The average Bonchev–Trinajstić information content (AvgIpc) is 2.96. The molecule has 1 fully saturated rings. The van der Waals surface area contributed by atoms with Crippen LogP contribution < -0.4 is 4.74 Å². The Morgan fingerprint density at radius 2 is 1.79 bits per heavy atom. The van der Waals surface area contributed by atoms with Gasteiger partial charge in [0.2, 0.25) is 10.0 Å². The number of ether oxygens (including phenoxy) is 1. The number of methoxy groups -OCH3 is 1. The standard InChI is InChI=1S/C20H26ClN3O4S/c1-14-11-17(15(2)22(14)3)18(25)13-23-7-9-24(10-8-23)29(26,27)20-12-16(21)5-6-19(20)28-4/h5-6,11-12H,7-10,13H2,1-4H3. The molecule has 0 unspecified atom stereocenters. The van der Waals surface area contributed by atoms with Crippen molar-refractivity contribution >= 4 is 27.4 Å². The lowest BCUT2D eigenvalue weighted by Crippen LogP contribution is -2.49. The zero-order valence-electron chi connectivity index (χ0n) is 17.1. The van der Waals surface area contributed by atoms with Gasteiger partial charge < -0.3 is 9.30 Å². The number of aryl methyl sites for hydroxylation is 1. The number of halogens is 1. The summed E-state index contributed by atoms with van der Waals surface area (Å²) in [5, 5.41) is 0.335. The quantitative estimate of drug-likeness (QED) is 0.646. The van der Waals surface area contributed by atoms with Crippen LogP contribution in [0, 0.1) is 13.8 Å². The largest absolute Gasteiger partial charge is 0.495 e. The Hall–Kier alpha value is -1.87. The third-order valence-electron chi connectivity index (χ3n) is 5.52. The number of hydrogen-bond donors (Lipinski definition) is 0. The maximum absolute atomic E-state index is 13.1. The minimum atomic E-state index is -3.73. The van der Waals surface area contributed by atoms with Gasteiger partial charge in [0, 0.05) is 55.2 Å². The lowest BCUT2D eigenvalue weighted by Gasteiger charge is -2.33. The Bertz CT molecular complexity index is 1020. The number of Topliss-reactive ketones (excluding diaryl/α,β-unsaturated/α-hetero) is 1. The van der Waals surface area contributed by atoms with Crippen LogP contribution in [0.3, 0.4) is 0 Å². The van der Waals surface area contributed by atoms with Gasteiger partial charge in [-0.3, -0.25) is 9.69 Å². The fourth-order valence-electron chi connectivity index (χ4n) is 3.55. The zero-order valence-corrected chi connectivity index (χ0v) is 18.7. The Morgan fingerprint density at radius 3 is 2.34 bits per heavy atom. The highest BCUT2D eigenvalue weighted by Gasteiger charge is 2.31. The first-order chi connectivity index (χ1) is 13.6. The highest BCUT2D eigenvalue weighted by atomic mass is 35.5. The maximum atomic E-state index is 13.1. The highest BCUT2D eigenvalue weighted by molar-refractivity contribution is 7.89. The van der Waals surface area contributed by atoms with Crippen molar-refractivity contribution in [1.29, 1.82) is 0 Å². The van der Waals surface area contributed by atoms with Gasteiger partial charge in [-0.2, -0.15) is 4.31 Å². The molecule has 1 aromatic heterocycles. The van der Waals surface area contributed by atoms with Crippen molar-refractivity contribution in [2.45, 2.75) is 18.7 Å². The molecule has 0 N–H and O–H groups in total. The molecule has 2 heterocycles. The molecule has 0 radical (unpaired) electrons. The molecule has 0 bridgehead atoms. The fourth-order valence-corrected chi connectivity index (χ4v) is 5.39. The second-order valence-electron chi connectivity index (χ2n) is 7.24. The molecule has 1 aliphatic heterocycles. The van der Waals surface area contributed by atoms with Gasteiger partial charge in [0.05, 0.1) is 13.7 Å². The zero-order chi connectivity index (χ0) is 21.3.